The van der Waals surface area contributed by atoms with Gasteiger partial charge in [0.25, 0.3) is 6.71 Å². The first-order valence-electron chi connectivity index (χ1n) is 23.8. The van der Waals surface area contributed by atoms with Gasteiger partial charge in [-0.05, 0) is 116 Å². The Morgan fingerprint density at radius 3 is 1.72 bits per heavy atom. The molecular formula is C60H56BN3. The van der Waals surface area contributed by atoms with Gasteiger partial charge in [0.1, 0.15) is 0 Å². The molecule has 1 fully saturated rings. The lowest BCUT2D eigenvalue weighted by Gasteiger charge is -2.52. The van der Waals surface area contributed by atoms with Crippen molar-refractivity contribution >= 4 is 94.9 Å². The maximum atomic E-state index is 2.88. The molecule has 0 bridgehead atoms. The number of hydrogen-bond acceptors (Lipinski definition) is 2. The predicted molar refractivity (Wildman–Crippen MR) is 275 cm³/mol. The summed E-state index contributed by atoms with van der Waals surface area (Å²) in [6.45, 7) is 19.1. The third-order valence-electron chi connectivity index (χ3n) is 16.6. The highest BCUT2D eigenvalue weighted by atomic mass is 15.3. The van der Waals surface area contributed by atoms with Gasteiger partial charge in [-0.1, -0.05) is 171 Å². The Kier molecular flexibility index (Phi) is 7.60. The molecule has 2 atom stereocenters. The van der Waals surface area contributed by atoms with Crippen LogP contribution >= 0.6 is 0 Å². The fourth-order valence-corrected chi connectivity index (χ4v) is 13.2. The van der Waals surface area contributed by atoms with Gasteiger partial charge in [-0.25, -0.2) is 0 Å². The fourth-order valence-electron chi connectivity index (χ4n) is 13.2. The molecule has 4 heteroatoms. The van der Waals surface area contributed by atoms with E-state index in [1.807, 2.05) is 0 Å². The quantitative estimate of drug-likeness (QED) is 0.130. The van der Waals surface area contributed by atoms with E-state index in [4.69, 9.17) is 0 Å². The summed E-state index contributed by atoms with van der Waals surface area (Å²) in [5, 5.41) is 7.92. The molecule has 2 unspecified atom stereocenters. The first-order chi connectivity index (χ1) is 30.8. The van der Waals surface area contributed by atoms with Gasteiger partial charge in [0.2, 0.25) is 0 Å². The molecule has 1 aromatic heterocycles. The molecule has 64 heavy (non-hydrogen) atoms. The number of rotatable bonds is 3. The highest BCUT2D eigenvalue weighted by Crippen LogP contribution is 2.62. The summed E-state index contributed by atoms with van der Waals surface area (Å²) in [6.07, 6.45) is 4.88. The molecule has 0 spiro atoms. The largest absolute Gasteiger partial charge is 0.335 e. The lowest BCUT2D eigenvalue weighted by Crippen LogP contribution is -2.64. The van der Waals surface area contributed by atoms with E-state index in [0.717, 1.165) is 6.42 Å². The molecule has 1 aliphatic carbocycles. The summed E-state index contributed by atoms with van der Waals surface area (Å²) in [4.78, 5) is 5.42. The van der Waals surface area contributed by atoms with E-state index in [2.05, 4.69) is 215 Å². The number of para-hydroxylation sites is 2. The molecule has 3 aliphatic heterocycles. The van der Waals surface area contributed by atoms with Gasteiger partial charge in [-0.3, -0.25) is 0 Å². The van der Waals surface area contributed by atoms with Crippen molar-refractivity contribution in [2.75, 3.05) is 9.80 Å². The standard InChI is InChI=1S/C60H56BN3/c1-57(2,3)37-25-29-39(30-26-37)62(40-31-27-38(28-32-40)58(4,5)6)41-35-50-53-51(36-41)64-56-47(59(7)33-13-14-34-60(59,64)8)22-16-24-49(56)61(53)48-23-15-21-46-52-44-19-11-9-17-42(44)43-18-10-12-20-45(43)55(52)63(50)54(46)48/h9-12,15-32,35-36H,13-14,33-34H2,1-8H3. The summed E-state index contributed by atoms with van der Waals surface area (Å²) >= 11 is 0. The molecule has 1 saturated carbocycles. The Bertz CT molecular complexity index is 3400. The highest BCUT2D eigenvalue weighted by molar-refractivity contribution is 7.00. The van der Waals surface area contributed by atoms with E-state index in [1.165, 1.54) is 130 Å². The second kappa shape index (κ2) is 12.7. The van der Waals surface area contributed by atoms with E-state index in [0.29, 0.717) is 0 Å². The number of fused-ring (bicyclic) bond motifs is 15. The van der Waals surface area contributed by atoms with Gasteiger partial charge in [0, 0.05) is 55.5 Å². The lowest BCUT2D eigenvalue weighted by atomic mass is 9.33. The number of anilines is 5. The molecule has 3 nitrogen and oxygen atoms in total. The summed E-state index contributed by atoms with van der Waals surface area (Å²) in [5.41, 5.74) is 18.9. The van der Waals surface area contributed by atoms with Crippen molar-refractivity contribution in [3.05, 3.63) is 162 Å². The van der Waals surface area contributed by atoms with Crippen LogP contribution in [0, 0.1) is 0 Å². The number of aromatic nitrogens is 1. The normalized spacial score (nSPS) is 19.7. The van der Waals surface area contributed by atoms with Crippen LogP contribution in [-0.2, 0) is 16.2 Å². The van der Waals surface area contributed by atoms with Crippen molar-refractivity contribution in [1.29, 1.82) is 0 Å². The Balaban J connectivity index is 1.20. The number of nitrogens with zero attached hydrogens (tertiary/aromatic N) is 3. The SMILES string of the molecule is CC(C)(C)c1ccc(N(c2ccc(C(C)(C)C)cc2)c2cc3c4c(c2)-n2c5c(cccc5c5c6ccccc6c6ccccc6c52)B4c2cccc4c2N3C2(C)CCCCC42C)cc1. The van der Waals surface area contributed by atoms with Crippen molar-refractivity contribution < 1.29 is 0 Å². The predicted octanol–water partition coefficient (Wildman–Crippen LogP) is 14.0. The van der Waals surface area contributed by atoms with Crippen molar-refractivity contribution in [1.82, 2.24) is 4.57 Å². The van der Waals surface area contributed by atoms with Gasteiger partial charge in [0.15, 0.2) is 0 Å². The van der Waals surface area contributed by atoms with Crippen molar-refractivity contribution in [2.24, 2.45) is 0 Å². The highest BCUT2D eigenvalue weighted by Gasteiger charge is 2.61. The first kappa shape index (κ1) is 38.2. The van der Waals surface area contributed by atoms with Gasteiger partial charge in [-0.15, -0.1) is 0 Å². The maximum Gasteiger partial charge on any atom is 0.252 e. The smallest absolute Gasteiger partial charge is 0.252 e. The average Bonchev–Trinajstić information content (AvgIpc) is 3.75. The van der Waals surface area contributed by atoms with Crippen LogP contribution in [0.4, 0.5) is 28.4 Å². The molecular weight excluding hydrogens is 773 g/mol. The van der Waals surface area contributed by atoms with Gasteiger partial charge in [0.05, 0.1) is 16.7 Å². The molecule has 8 aromatic carbocycles. The Morgan fingerprint density at radius 2 is 1.06 bits per heavy atom. The van der Waals surface area contributed by atoms with Crippen LogP contribution < -0.4 is 26.2 Å². The maximum absolute atomic E-state index is 2.88. The fraction of sp³-hybridized carbons (Fsp3) is 0.267. The van der Waals surface area contributed by atoms with Crippen molar-refractivity contribution in [3.63, 3.8) is 0 Å². The second-order valence-corrected chi connectivity index (χ2v) is 22.0. The van der Waals surface area contributed by atoms with E-state index < -0.39 is 0 Å². The van der Waals surface area contributed by atoms with E-state index in [1.54, 1.807) is 0 Å². The second-order valence-electron chi connectivity index (χ2n) is 22.0. The van der Waals surface area contributed by atoms with Crippen LogP contribution in [0.1, 0.15) is 97.8 Å². The van der Waals surface area contributed by atoms with Gasteiger partial charge in [-0.2, -0.15) is 0 Å². The van der Waals surface area contributed by atoms with E-state index in [9.17, 15) is 0 Å². The van der Waals surface area contributed by atoms with Crippen LogP contribution in [0.5, 0.6) is 0 Å². The molecule has 4 aliphatic rings. The minimum atomic E-state index is -0.0808. The monoisotopic (exact) mass is 829 g/mol. The zero-order chi connectivity index (χ0) is 43.7. The van der Waals surface area contributed by atoms with Gasteiger partial charge < -0.3 is 14.4 Å². The third-order valence-corrected chi connectivity index (χ3v) is 16.6. The summed E-state index contributed by atoms with van der Waals surface area (Å²) in [7, 11) is 0. The zero-order valence-electron chi connectivity index (χ0n) is 38.6. The van der Waals surface area contributed by atoms with Crippen LogP contribution in [0.25, 0.3) is 49.0 Å². The molecule has 0 radical (unpaired) electrons. The molecule has 314 valence electrons. The Labute approximate surface area is 378 Å². The van der Waals surface area contributed by atoms with E-state index >= 15 is 0 Å². The summed E-state index contributed by atoms with van der Waals surface area (Å²) in [5.74, 6) is 0. The molecule has 4 heterocycles. The topological polar surface area (TPSA) is 11.4 Å². The minimum Gasteiger partial charge on any atom is -0.335 e. The number of hydrogen-bond donors (Lipinski definition) is 0. The minimum absolute atomic E-state index is 0.0292. The molecule has 0 amide bonds. The number of benzene rings is 8. The Morgan fingerprint density at radius 1 is 0.516 bits per heavy atom. The van der Waals surface area contributed by atoms with Crippen molar-refractivity contribution in [2.45, 2.75) is 103 Å². The van der Waals surface area contributed by atoms with Crippen LogP contribution in [-0.4, -0.2) is 16.8 Å². The summed E-state index contributed by atoms with van der Waals surface area (Å²) in [6, 6.07) is 56.7. The third kappa shape index (κ3) is 4.84. The average molecular weight is 830 g/mol. The molecule has 0 saturated heterocycles. The van der Waals surface area contributed by atoms with Gasteiger partial charge >= 0.3 is 0 Å². The molecule has 0 N–H and O–H groups in total. The van der Waals surface area contributed by atoms with Crippen molar-refractivity contribution in [3.8, 4) is 5.69 Å². The zero-order valence-corrected chi connectivity index (χ0v) is 38.6. The first-order valence-corrected chi connectivity index (χ1v) is 23.8. The molecule has 13 rings (SSSR count). The van der Waals surface area contributed by atoms with Crippen LogP contribution in [0.2, 0.25) is 0 Å². The Hall–Kier alpha value is -6.26. The molecule has 9 aromatic rings. The summed E-state index contributed by atoms with van der Waals surface area (Å²) < 4.78 is 2.71. The van der Waals surface area contributed by atoms with E-state index in [-0.39, 0.29) is 28.5 Å². The lowest BCUT2D eigenvalue weighted by molar-refractivity contribution is 0.195. The van der Waals surface area contributed by atoms with Crippen LogP contribution in [0.3, 0.4) is 0 Å². The van der Waals surface area contributed by atoms with Crippen LogP contribution in [0.15, 0.2) is 146 Å².